The predicted molar refractivity (Wildman–Crippen MR) is 107 cm³/mol. The third kappa shape index (κ3) is 3.53. The van der Waals surface area contributed by atoms with Crippen LogP contribution >= 0.6 is 22.9 Å². The molecule has 2 aromatic heterocycles. The molecule has 0 aliphatic carbocycles. The third-order valence-corrected chi connectivity index (χ3v) is 7.35. The summed E-state index contributed by atoms with van der Waals surface area (Å²) in [4.78, 5) is 41.1. The molecule has 0 spiro atoms. The first-order chi connectivity index (χ1) is 13.8. The van der Waals surface area contributed by atoms with Crippen LogP contribution in [-0.2, 0) is 11.8 Å². The summed E-state index contributed by atoms with van der Waals surface area (Å²) in [6.07, 6.45) is 2.01. The van der Waals surface area contributed by atoms with Crippen molar-refractivity contribution in [1.82, 2.24) is 19.6 Å². The van der Waals surface area contributed by atoms with Crippen molar-refractivity contribution in [3.05, 3.63) is 39.3 Å². The van der Waals surface area contributed by atoms with Gasteiger partial charge in [-0.05, 0) is 23.9 Å². The third-order valence-electron chi connectivity index (χ3n) is 6.02. The summed E-state index contributed by atoms with van der Waals surface area (Å²) in [5, 5.41) is 15.5. The SMILES string of the molecule is Cn1nccc1C(=O)N1CC2CN(C(=O)c3sccc3Cl)CC2(CCC(=O)O)C1. The molecule has 0 bridgehead atoms. The molecule has 8 nitrogen and oxygen atoms in total. The van der Waals surface area contributed by atoms with Crippen LogP contribution in [0.5, 0.6) is 0 Å². The lowest BCUT2D eigenvalue weighted by atomic mass is 9.77. The molecule has 1 N–H and O–H groups in total. The highest BCUT2D eigenvalue weighted by atomic mass is 35.5. The zero-order valence-corrected chi connectivity index (χ0v) is 17.4. The standard InChI is InChI=1S/C19H21ClN4O4S/c1-22-14(3-6-21-22)17(27)23-8-12-9-24(18(28)16-13(20)4-7-29-16)11-19(12,10-23)5-2-15(25)26/h3-4,6-7,12H,2,5,8-11H2,1H3,(H,25,26). The van der Waals surface area contributed by atoms with Crippen LogP contribution in [0.1, 0.15) is 33.0 Å². The number of carboxylic acid groups (broad SMARTS) is 1. The fraction of sp³-hybridized carbons (Fsp3) is 0.474. The van der Waals surface area contributed by atoms with E-state index in [0.717, 1.165) is 0 Å². The Balaban J connectivity index is 1.55. The molecule has 4 rings (SSSR count). The van der Waals surface area contributed by atoms with Crippen LogP contribution in [0.2, 0.25) is 5.02 Å². The number of thiophene rings is 1. The van der Waals surface area contributed by atoms with E-state index in [2.05, 4.69) is 5.10 Å². The van der Waals surface area contributed by atoms with Gasteiger partial charge < -0.3 is 14.9 Å². The lowest BCUT2D eigenvalue weighted by molar-refractivity contribution is -0.137. The highest BCUT2D eigenvalue weighted by Gasteiger charge is 2.54. The predicted octanol–water partition coefficient (Wildman–Crippen LogP) is 2.21. The van der Waals surface area contributed by atoms with Crippen LogP contribution < -0.4 is 0 Å². The van der Waals surface area contributed by atoms with E-state index in [-0.39, 0.29) is 24.2 Å². The van der Waals surface area contributed by atoms with E-state index in [1.54, 1.807) is 40.6 Å². The molecule has 0 radical (unpaired) electrons. The number of fused-ring (bicyclic) bond motifs is 1. The Morgan fingerprint density at radius 2 is 1.93 bits per heavy atom. The molecule has 29 heavy (non-hydrogen) atoms. The Labute approximate surface area is 176 Å². The summed E-state index contributed by atoms with van der Waals surface area (Å²) in [7, 11) is 1.72. The smallest absolute Gasteiger partial charge is 0.303 e. The second-order valence-corrected chi connectivity index (χ2v) is 9.09. The number of hydrogen-bond acceptors (Lipinski definition) is 5. The van der Waals surface area contributed by atoms with Crippen molar-refractivity contribution in [3.8, 4) is 0 Å². The molecule has 2 fully saturated rings. The second kappa shape index (κ2) is 7.46. The fourth-order valence-corrected chi connectivity index (χ4v) is 5.64. The molecule has 4 heterocycles. The Morgan fingerprint density at radius 1 is 1.24 bits per heavy atom. The fourth-order valence-electron chi connectivity index (χ4n) is 4.54. The van der Waals surface area contributed by atoms with Gasteiger partial charge in [-0.3, -0.25) is 19.1 Å². The van der Waals surface area contributed by atoms with Crippen molar-refractivity contribution >= 4 is 40.7 Å². The number of carboxylic acids is 1. The van der Waals surface area contributed by atoms with Gasteiger partial charge in [-0.25, -0.2) is 0 Å². The second-order valence-electron chi connectivity index (χ2n) is 7.76. The minimum atomic E-state index is -0.874. The summed E-state index contributed by atoms with van der Waals surface area (Å²) < 4.78 is 1.54. The zero-order chi connectivity index (χ0) is 20.8. The van der Waals surface area contributed by atoms with Gasteiger partial charge in [0.15, 0.2) is 0 Å². The lowest BCUT2D eigenvalue weighted by Gasteiger charge is -2.29. The number of halogens is 1. The van der Waals surface area contributed by atoms with E-state index < -0.39 is 11.4 Å². The first kappa shape index (κ1) is 19.9. The molecule has 0 saturated carbocycles. The number of aromatic nitrogens is 2. The number of nitrogens with zero attached hydrogens (tertiary/aromatic N) is 4. The average molecular weight is 437 g/mol. The molecule has 0 aromatic carbocycles. The number of likely N-dealkylation sites (tertiary alicyclic amines) is 2. The summed E-state index contributed by atoms with van der Waals surface area (Å²) in [5.41, 5.74) is 0.0723. The molecule has 154 valence electrons. The Kier molecular flexibility index (Phi) is 5.12. The van der Waals surface area contributed by atoms with Crippen molar-refractivity contribution in [1.29, 1.82) is 0 Å². The van der Waals surface area contributed by atoms with Gasteiger partial charge >= 0.3 is 5.97 Å². The minimum absolute atomic E-state index is 0.00598. The molecule has 2 unspecified atom stereocenters. The highest BCUT2D eigenvalue weighted by Crippen LogP contribution is 2.47. The molecular formula is C19H21ClN4O4S. The van der Waals surface area contributed by atoms with E-state index in [4.69, 9.17) is 11.6 Å². The van der Waals surface area contributed by atoms with E-state index in [0.29, 0.717) is 48.2 Å². The van der Waals surface area contributed by atoms with Crippen LogP contribution in [-0.4, -0.2) is 68.6 Å². The van der Waals surface area contributed by atoms with Crippen molar-refractivity contribution < 1.29 is 19.5 Å². The molecular weight excluding hydrogens is 416 g/mol. The van der Waals surface area contributed by atoms with E-state index in [1.807, 2.05) is 0 Å². The van der Waals surface area contributed by atoms with Gasteiger partial charge in [0.05, 0.1) is 5.02 Å². The number of amides is 2. The monoisotopic (exact) mass is 436 g/mol. The highest BCUT2D eigenvalue weighted by molar-refractivity contribution is 7.12. The van der Waals surface area contributed by atoms with Crippen molar-refractivity contribution in [2.24, 2.45) is 18.4 Å². The molecule has 2 saturated heterocycles. The Hall–Kier alpha value is -2.39. The van der Waals surface area contributed by atoms with Crippen molar-refractivity contribution in [2.45, 2.75) is 12.8 Å². The van der Waals surface area contributed by atoms with Crippen LogP contribution in [0.4, 0.5) is 0 Å². The van der Waals surface area contributed by atoms with Crippen LogP contribution in [0.3, 0.4) is 0 Å². The van der Waals surface area contributed by atoms with Gasteiger partial charge in [-0.15, -0.1) is 11.3 Å². The van der Waals surface area contributed by atoms with Crippen molar-refractivity contribution in [2.75, 3.05) is 26.2 Å². The van der Waals surface area contributed by atoms with E-state index in [1.165, 1.54) is 16.0 Å². The normalized spacial score (nSPS) is 23.4. The molecule has 2 aliphatic heterocycles. The van der Waals surface area contributed by atoms with Crippen molar-refractivity contribution in [3.63, 3.8) is 0 Å². The van der Waals surface area contributed by atoms with Crippen LogP contribution in [0.25, 0.3) is 0 Å². The number of aliphatic carboxylic acids is 1. The maximum absolute atomic E-state index is 12.9. The zero-order valence-electron chi connectivity index (χ0n) is 15.9. The summed E-state index contributed by atoms with van der Waals surface area (Å²) in [6, 6.07) is 3.37. The van der Waals surface area contributed by atoms with Gasteiger partial charge in [0, 0.05) is 57.2 Å². The quantitative estimate of drug-likeness (QED) is 0.775. The maximum atomic E-state index is 12.9. The molecule has 2 aliphatic rings. The van der Waals surface area contributed by atoms with Crippen LogP contribution in [0.15, 0.2) is 23.7 Å². The van der Waals surface area contributed by atoms with Gasteiger partial charge in [0.1, 0.15) is 10.6 Å². The van der Waals surface area contributed by atoms with Gasteiger partial charge in [-0.2, -0.15) is 5.10 Å². The Bertz CT molecular complexity index is 907. The summed E-state index contributed by atoms with van der Waals surface area (Å²) in [6.45, 7) is 1.83. The molecule has 10 heteroatoms. The first-order valence-corrected chi connectivity index (χ1v) is 10.6. The number of rotatable bonds is 5. The summed E-state index contributed by atoms with van der Waals surface area (Å²) >= 11 is 7.44. The van der Waals surface area contributed by atoms with Gasteiger partial charge in [0.2, 0.25) is 0 Å². The van der Waals surface area contributed by atoms with Gasteiger partial charge in [-0.1, -0.05) is 11.6 Å². The van der Waals surface area contributed by atoms with Crippen LogP contribution in [0, 0.1) is 11.3 Å². The number of carbonyl (C=O) groups is 3. The number of aryl methyl sites for hydroxylation is 1. The maximum Gasteiger partial charge on any atom is 0.303 e. The number of carbonyl (C=O) groups excluding carboxylic acids is 2. The number of hydrogen-bond donors (Lipinski definition) is 1. The van der Waals surface area contributed by atoms with E-state index >= 15 is 0 Å². The summed E-state index contributed by atoms with van der Waals surface area (Å²) in [5.74, 6) is -1.09. The van der Waals surface area contributed by atoms with Gasteiger partial charge in [0.25, 0.3) is 11.8 Å². The lowest BCUT2D eigenvalue weighted by Crippen LogP contribution is -2.39. The topological polar surface area (TPSA) is 95.7 Å². The average Bonchev–Trinajstić information content (AvgIpc) is 3.41. The Morgan fingerprint density at radius 3 is 2.48 bits per heavy atom. The first-order valence-electron chi connectivity index (χ1n) is 9.32. The minimum Gasteiger partial charge on any atom is -0.481 e. The largest absolute Gasteiger partial charge is 0.481 e. The van der Waals surface area contributed by atoms with E-state index in [9.17, 15) is 19.5 Å². The molecule has 2 atom stereocenters. The molecule has 2 amide bonds. The molecule has 2 aromatic rings.